The van der Waals surface area contributed by atoms with E-state index in [2.05, 4.69) is 0 Å². The van der Waals surface area contributed by atoms with Crippen LogP contribution in [0.15, 0.2) is 42.5 Å². The molecule has 0 amide bonds. The minimum absolute atomic E-state index is 0.0510. The Balaban J connectivity index is 2.19. The molecule has 2 aromatic rings. The van der Waals surface area contributed by atoms with Gasteiger partial charge in [0.15, 0.2) is 0 Å². The maximum Gasteiger partial charge on any atom is 0.0438 e. The van der Waals surface area contributed by atoms with E-state index in [0.717, 1.165) is 27.6 Å². The lowest BCUT2D eigenvalue weighted by atomic mass is 9.96. The molecule has 94 valence electrons. The zero-order chi connectivity index (χ0) is 13.1. The van der Waals surface area contributed by atoms with Gasteiger partial charge in [0.05, 0.1) is 0 Å². The van der Waals surface area contributed by atoms with Crippen LogP contribution in [0, 0.1) is 6.92 Å². The van der Waals surface area contributed by atoms with Crippen LogP contribution in [0.25, 0.3) is 0 Å². The monoisotopic (exact) mass is 279 g/mol. The van der Waals surface area contributed by atoms with Crippen molar-refractivity contribution in [1.29, 1.82) is 0 Å². The van der Waals surface area contributed by atoms with Gasteiger partial charge in [-0.1, -0.05) is 47.5 Å². The zero-order valence-corrected chi connectivity index (χ0v) is 11.7. The fraction of sp³-hybridized carbons (Fsp3) is 0.200. The molecule has 0 saturated heterocycles. The van der Waals surface area contributed by atoms with Gasteiger partial charge in [-0.2, -0.15) is 0 Å². The highest BCUT2D eigenvalue weighted by atomic mass is 35.5. The van der Waals surface area contributed by atoms with Crippen LogP contribution >= 0.6 is 23.2 Å². The summed E-state index contributed by atoms with van der Waals surface area (Å²) >= 11 is 12.0. The molecule has 1 atom stereocenters. The Morgan fingerprint density at radius 1 is 1.06 bits per heavy atom. The summed E-state index contributed by atoms with van der Waals surface area (Å²) in [6.45, 7) is 2.00. The van der Waals surface area contributed by atoms with E-state index in [4.69, 9.17) is 28.9 Å². The molecular formula is C15H15Cl2N. The second-order valence-corrected chi connectivity index (χ2v) is 5.23. The molecule has 0 radical (unpaired) electrons. The second-order valence-electron chi connectivity index (χ2n) is 4.39. The highest BCUT2D eigenvalue weighted by Crippen LogP contribution is 2.25. The summed E-state index contributed by atoms with van der Waals surface area (Å²) in [6, 6.07) is 13.6. The Morgan fingerprint density at radius 3 is 2.39 bits per heavy atom. The van der Waals surface area contributed by atoms with E-state index in [1.165, 1.54) is 5.56 Å². The lowest BCUT2D eigenvalue weighted by Crippen LogP contribution is -2.14. The Labute approximate surface area is 118 Å². The predicted octanol–water partition coefficient (Wildman–Crippen LogP) is 4.54. The third-order valence-corrected chi connectivity index (χ3v) is 3.74. The van der Waals surface area contributed by atoms with Gasteiger partial charge in [0.1, 0.15) is 0 Å². The van der Waals surface area contributed by atoms with Crippen molar-refractivity contribution < 1.29 is 0 Å². The summed E-state index contributed by atoms with van der Waals surface area (Å²) in [6.07, 6.45) is 0.776. The first-order chi connectivity index (χ1) is 8.58. The number of rotatable bonds is 3. The van der Waals surface area contributed by atoms with Crippen LogP contribution in [0.4, 0.5) is 0 Å². The first kappa shape index (κ1) is 13.4. The van der Waals surface area contributed by atoms with Crippen molar-refractivity contribution in [1.82, 2.24) is 0 Å². The fourth-order valence-electron chi connectivity index (χ4n) is 2.01. The number of halogens is 2. The van der Waals surface area contributed by atoms with Crippen molar-refractivity contribution in [2.45, 2.75) is 19.4 Å². The molecular weight excluding hydrogens is 265 g/mol. The van der Waals surface area contributed by atoms with Crippen LogP contribution in [0.2, 0.25) is 10.0 Å². The van der Waals surface area contributed by atoms with Crippen LogP contribution < -0.4 is 5.73 Å². The maximum absolute atomic E-state index is 6.24. The van der Waals surface area contributed by atoms with Crippen molar-refractivity contribution in [3.8, 4) is 0 Å². The van der Waals surface area contributed by atoms with Crippen molar-refractivity contribution in [3.05, 3.63) is 69.2 Å². The molecule has 0 aromatic heterocycles. The van der Waals surface area contributed by atoms with Gasteiger partial charge in [-0.15, -0.1) is 0 Å². The van der Waals surface area contributed by atoms with Crippen LogP contribution in [0.5, 0.6) is 0 Å². The highest BCUT2D eigenvalue weighted by molar-refractivity contribution is 6.31. The average molecular weight is 280 g/mol. The maximum atomic E-state index is 6.24. The Hall–Kier alpha value is -1.02. The molecule has 1 nitrogen and oxygen atoms in total. The molecule has 0 fully saturated rings. The normalized spacial score (nSPS) is 12.4. The molecule has 0 aliphatic carbocycles. The largest absolute Gasteiger partial charge is 0.324 e. The summed E-state index contributed by atoms with van der Waals surface area (Å²) < 4.78 is 0. The summed E-state index contributed by atoms with van der Waals surface area (Å²) in [5.74, 6) is 0. The van der Waals surface area contributed by atoms with Gasteiger partial charge in [0.2, 0.25) is 0 Å². The number of benzene rings is 2. The molecule has 3 heteroatoms. The Bertz CT molecular complexity index is 535. The topological polar surface area (TPSA) is 26.0 Å². The minimum atomic E-state index is -0.0510. The lowest BCUT2D eigenvalue weighted by molar-refractivity contribution is 0.717. The van der Waals surface area contributed by atoms with Crippen LogP contribution in [0.3, 0.4) is 0 Å². The standard InChI is InChI=1S/C15H15Cl2N/c1-10-13(3-2-4-14(10)17)15(18)9-11-5-7-12(16)8-6-11/h2-8,15H,9,18H2,1H3. The van der Waals surface area contributed by atoms with Gasteiger partial charge >= 0.3 is 0 Å². The molecule has 18 heavy (non-hydrogen) atoms. The van der Waals surface area contributed by atoms with Gasteiger partial charge in [0.25, 0.3) is 0 Å². The van der Waals surface area contributed by atoms with Gasteiger partial charge in [-0.25, -0.2) is 0 Å². The minimum Gasteiger partial charge on any atom is -0.324 e. The van der Waals surface area contributed by atoms with E-state index in [9.17, 15) is 0 Å². The molecule has 2 rings (SSSR count). The Kier molecular flexibility index (Phi) is 4.28. The first-order valence-corrected chi connectivity index (χ1v) is 6.58. The van der Waals surface area contributed by atoms with Crippen LogP contribution in [-0.2, 0) is 6.42 Å². The van der Waals surface area contributed by atoms with E-state index in [0.29, 0.717) is 0 Å². The molecule has 2 N–H and O–H groups in total. The molecule has 1 unspecified atom stereocenters. The van der Waals surface area contributed by atoms with E-state index in [-0.39, 0.29) is 6.04 Å². The smallest absolute Gasteiger partial charge is 0.0438 e. The van der Waals surface area contributed by atoms with Crippen molar-refractivity contribution in [3.63, 3.8) is 0 Å². The van der Waals surface area contributed by atoms with Crippen molar-refractivity contribution in [2.24, 2.45) is 5.73 Å². The van der Waals surface area contributed by atoms with Gasteiger partial charge in [-0.05, 0) is 48.2 Å². The van der Waals surface area contributed by atoms with Crippen LogP contribution in [0.1, 0.15) is 22.7 Å². The fourth-order valence-corrected chi connectivity index (χ4v) is 2.32. The van der Waals surface area contributed by atoms with E-state index in [1.54, 1.807) is 0 Å². The number of hydrogen-bond donors (Lipinski definition) is 1. The third kappa shape index (κ3) is 3.05. The number of nitrogens with two attached hydrogens (primary N) is 1. The zero-order valence-electron chi connectivity index (χ0n) is 10.2. The number of hydrogen-bond acceptors (Lipinski definition) is 1. The molecule has 0 aliphatic rings. The highest BCUT2D eigenvalue weighted by Gasteiger charge is 2.11. The van der Waals surface area contributed by atoms with Gasteiger partial charge < -0.3 is 5.73 Å². The predicted molar refractivity (Wildman–Crippen MR) is 78.3 cm³/mol. The average Bonchev–Trinajstić information content (AvgIpc) is 2.35. The molecule has 0 saturated carbocycles. The lowest BCUT2D eigenvalue weighted by Gasteiger charge is -2.15. The first-order valence-electron chi connectivity index (χ1n) is 5.83. The SMILES string of the molecule is Cc1c(Cl)cccc1C(N)Cc1ccc(Cl)cc1. The van der Waals surface area contributed by atoms with Crippen molar-refractivity contribution in [2.75, 3.05) is 0 Å². The molecule has 0 bridgehead atoms. The molecule has 2 aromatic carbocycles. The Morgan fingerprint density at radius 2 is 1.72 bits per heavy atom. The third-order valence-electron chi connectivity index (χ3n) is 3.08. The summed E-state index contributed by atoms with van der Waals surface area (Å²) in [7, 11) is 0. The van der Waals surface area contributed by atoms with Crippen LogP contribution in [-0.4, -0.2) is 0 Å². The van der Waals surface area contributed by atoms with Gasteiger partial charge in [0, 0.05) is 16.1 Å². The second kappa shape index (κ2) is 5.75. The molecule has 0 heterocycles. The van der Waals surface area contributed by atoms with E-state index >= 15 is 0 Å². The summed E-state index contributed by atoms with van der Waals surface area (Å²) in [4.78, 5) is 0. The summed E-state index contributed by atoms with van der Waals surface area (Å²) in [5.41, 5.74) is 9.57. The molecule has 0 aliphatic heterocycles. The summed E-state index contributed by atoms with van der Waals surface area (Å²) in [5, 5.41) is 1.50. The van der Waals surface area contributed by atoms with E-state index < -0.39 is 0 Å². The van der Waals surface area contributed by atoms with E-state index in [1.807, 2.05) is 49.4 Å². The quantitative estimate of drug-likeness (QED) is 0.877. The van der Waals surface area contributed by atoms with Crippen molar-refractivity contribution >= 4 is 23.2 Å². The molecule has 0 spiro atoms. The van der Waals surface area contributed by atoms with Gasteiger partial charge in [-0.3, -0.25) is 0 Å².